The Hall–Kier alpha value is -0.700. The van der Waals surface area contributed by atoms with Gasteiger partial charge in [0, 0.05) is 37.4 Å². The van der Waals surface area contributed by atoms with Crippen LogP contribution in [0.4, 0.5) is 0 Å². The molecule has 3 atom stereocenters. The van der Waals surface area contributed by atoms with Gasteiger partial charge in [0.1, 0.15) is 12.7 Å². The molecule has 0 aromatic carbocycles. The standard InChI is InChI=1S/C13H18O6S2/c1-7(14)17-6-9-10(18-8(2)15)11-12(13(16-3)19-9)21-5-4-20-11/h9-10,13H,4-6H2,1-3H3/t9-,10-,13-/m1/s1. The summed E-state index contributed by atoms with van der Waals surface area (Å²) >= 11 is 3.28. The van der Waals surface area contributed by atoms with Crippen LogP contribution in [0.1, 0.15) is 13.8 Å². The molecule has 2 aliphatic rings. The summed E-state index contributed by atoms with van der Waals surface area (Å²) in [5.41, 5.74) is 0. The molecule has 0 amide bonds. The van der Waals surface area contributed by atoms with Crippen LogP contribution in [0, 0.1) is 0 Å². The van der Waals surface area contributed by atoms with E-state index in [1.807, 2.05) is 0 Å². The molecule has 0 radical (unpaired) electrons. The van der Waals surface area contributed by atoms with Crippen molar-refractivity contribution in [1.29, 1.82) is 0 Å². The van der Waals surface area contributed by atoms with Gasteiger partial charge in [0.05, 0.1) is 4.91 Å². The molecule has 0 bridgehead atoms. The Labute approximate surface area is 131 Å². The maximum atomic E-state index is 11.4. The third-order valence-electron chi connectivity index (χ3n) is 2.91. The van der Waals surface area contributed by atoms with Crippen molar-refractivity contribution >= 4 is 35.5 Å². The van der Waals surface area contributed by atoms with Crippen molar-refractivity contribution < 1.29 is 28.5 Å². The Balaban J connectivity index is 2.25. The number of methoxy groups -OCH3 is 1. The second-order valence-corrected chi connectivity index (χ2v) is 6.77. The molecule has 0 saturated heterocycles. The highest BCUT2D eigenvalue weighted by Gasteiger charge is 2.42. The lowest BCUT2D eigenvalue weighted by molar-refractivity contribution is -0.192. The zero-order chi connectivity index (χ0) is 15.4. The summed E-state index contributed by atoms with van der Waals surface area (Å²) in [6, 6.07) is 0. The van der Waals surface area contributed by atoms with Crippen LogP contribution in [-0.2, 0) is 28.5 Å². The first-order chi connectivity index (χ1) is 10.0. The summed E-state index contributed by atoms with van der Waals surface area (Å²) in [7, 11) is 1.56. The summed E-state index contributed by atoms with van der Waals surface area (Å²) in [5, 5.41) is 0. The third kappa shape index (κ3) is 4.15. The van der Waals surface area contributed by atoms with E-state index in [1.165, 1.54) is 13.8 Å². The van der Waals surface area contributed by atoms with Gasteiger partial charge in [0.2, 0.25) is 0 Å². The molecule has 0 fully saturated rings. The van der Waals surface area contributed by atoms with Gasteiger partial charge in [0.15, 0.2) is 12.4 Å². The first-order valence-electron chi connectivity index (χ1n) is 6.51. The van der Waals surface area contributed by atoms with Gasteiger partial charge in [-0.15, -0.1) is 23.5 Å². The lowest BCUT2D eigenvalue weighted by atomic mass is 10.1. The predicted octanol–water partition coefficient (Wildman–Crippen LogP) is 1.54. The van der Waals surface area contributed by atoms with E-state index in [0.29, 0.717) is 0 Å². The SMILES string of the molecule is CO[C@@H]1O[C@H](COC(C)=O)[C@@H](OC(C)=O)C2=C1SCCS2. The second-order valence-electron chi connectivity index (χ2n) is 4.50. The van der Waals surface area contributed by atoms with E-state index in [4.69, 9.17) is 18.9 Å². The van der Waals surface area contributed by atoms with Gasteiger partial charge in [-0.05, 0) is 0 Å². The van der Waals surface area contributed by atoms with E-state index in [1.54, 1.807) is 30.6 Å². The fourth-order valence-corrected chi connectivity index (χ4v) is 4.72. The zero-order valence-corrected chi connectivity index (χ0v) is 13.8. The smallest absolute Gasteiger partial charge is 0.303 e. The Morgan fingerprint density at radius 3 is 2.43 bits per heavy atom. The van der Waals surface area contributed by atoms with Gasteiger partial charge in [-0.2, -0.15) is 0 Å². The highest BCUT2D eigenvalue weighted by Crippen LogP contribution is 2.44. The first-order valence-corrected chi connectivity index (χ1v) is 8.48. The molecule has 0 spiro atoms. The van der Waals surface area contributed by atoms with Crippen LogP contribution < -0.4 is 0 Å². The van der Waals surface area contributed by atoms with Crippen LogP contribution in [0.15, 0.2) is 9.81 Å². The Morgan fingerprint density at radius 1 is 1.19 bits per heavy atom. The molecule has 0 aliphatic carbocycles. The van der Waals surface area contributed by atoms with Gasteiger partial charge >= 0.3 is 11.9 Å². The molecular weight excluding hydrogens is 316 g/mol. The normalized spacial score (nSPS) is 28.8. The van der Waals surface area contributed by atoms with Crippen LogP contribution >= 0.6 is 23.5 Å². The summed E-state index contributed by atoms with van der Waals surface area (Å²) in [5.74, 6) is 1.08. The summed E-state index contributed by atoms with van der Waals surface area (Å²) in [4.78, 5) is 24.3. The van der Waals surface area contributed by atoms with Crippen LogP contribution in [0.2, 0.25) is 0 Å². The molecule has 0 aromatic heterocycles. The summed E-state index contributed by atoms with van der Waals surface area (Å²) < 4.78 is 21.6. The number of rotatable bonds is 4. The highest BCUT2D eigenvalue weighted by molar-refractivity contribution is 8.10. The Morgan fingerprint density at radius 2 is 1.86 bits per heavy atom. The van der Waals surface area contributed by atoms with Crippen molar-refractivity contribution in [1.82, 2.24) is 0 Å². The molecule has 0 N–H and O–H groups in total. The largest absolute Gasteiger partial charge is 0.463 e. The van der Waals surface area contributed by atoms with Crippen LogP contribution in [0.5, 0.6) is 0 Å². The second kappa shape index (κ2) is 7.53. The van der Waals surface area contributed by atoms with Crippen LogP contribution in [0.25, 0.3) is 0 Å². The van der Waals surface area contributed by atoms with Crippen molar-refractivity contribution in [3.05, 3.63) is 9.81 Å². The lowest BCUT2D eigenvalue weighted by Gasteiger charge is -2.39. The quantitative estimate of drug-likeness (QED) is 0.717. The highest BCUT2D eigenvalue weighted by atomic mass is 32.2. The van der Waals surface area contributed by atoms with E-state index in [9.17, 15) is 9.59 Å². The zero-order valence-electron chi connectivity index (χ0n) is 12.1. The van der Waals surface area contributed by atoms with Gasteiger partial charge in [-0.1, -0.05) is 0 Å². The molecule has 0 unspecified atom stereocenters. The minimum Gasteiger partial charge on any atom is -0.463 e. The van der Waals surface area contributed by atoms with Gasteiger partial charge < -0.3 is 18.9 Å². The summed E-state index contributed by atoms with van der Waals surface area (Å²) in [6.45, 7) is 2.70. The average molecular weight is 334 g/mol. The third-order valence-corrected chi connectivity index (χ3v) is 5.60. The van der Waals surface area contributed by atoms with E-state index >= 15 is 0 Å². The lowest BCUT2D eigenvalue weighted by Crippen LogP contribution is -2.46. The number of ether oxygens (including phenoxy) is 4. The number of hydrogen-bond acceptors (Lipinski definition) is 8. The average Bonchev–Trinajstić information content (AvgIpc) is 2.45. The van der Waals surface area contributed by atoms with Crippen LogP contribution in [-0.4, -0.2) is 55.7 Å². The topological polar surface area (TPSA) is 71.1 Å². The van der Waals surface area contributed by atoms with E-state index < -0.39 is 30.4 Å². The molecule has 118 valence electrons. The molecule has 0 saturated carbocycles. The van der Waals surface area contributed by atoms with E-state index in [-0.39, 0.29) is 6.61 Å². The van der Waals surface area contributed by atoms with E-state index in [0.717, 1.165) is 21.3 Å². The van der Waals surface area contributed by atoms with Gasteiger partial charge in [0.25, 0.3) is 0 Å². The van der Waals surface area contributed by atoms with Gasteiger partial charge in [-0.25, -0.2) is 0 Å². The monoisotopic (exact) mass is 334 g/mol. The Bertz CT molecular complexity index is 450. The molecule has 0 aromatic rings. The molecule has 21 heavy (non-hydrogen) atoms. The van der Waals surface area contributed by atoms with Crippen molar-refractivity contribution in [2.45, 2.75) is 32.3 Å². The number of carbonyl (C=O) groups excluding carboxylic acids is 2. The van der Waals surface area contributed by atoms with Crippen molar-refractivity contribution in [3.63, 3.8) is 0 Å². The van der Waals surface area contributed by atoms with Crippen molar-refractivity contribution in [2.75, 3.05) is 25.2 Å². The van der Waals surface area contributed by atoms with Crippen LogP contribution in [0.3, 0.4) is 0 Å². The molecule has 8 heteroatoms. The fourth-order valence-electron chi connectivity index (χ4n) is 2.11. The first kappa shape index (κ1) is 16.7. The fraction of sp³-hybridized carbons (Fsp3) is 0.692. The van der Waals surface area contributed by atoms with Crippen molar-refractivity contribution in [2.24, 2.45) is 0 Å². The minimum atomic E-state index is -0.562. The summed E-state index contributed by atoms with van der Waals surface area (Å²) in [6.07, 6.45) is -1.63. The van der Waals surface area contributed by atoms with E-state index in [2.05, 4.69) is 0 Å². The predicted molar refractivity (Wildman–Crippen MR) is 79.8 cm³/mol. The Kier molecular flexibility index (Phi) is 5.98. The number of thioether (sulfide) groups is 2. The number of esters is 2. The van der Waals surface area contributed by atoms with Gasteiger partial charge in [-0.3, -0.25) is 9.59 Å². The molecular formula is C13H18O6S2. The maximum Gasteiger partial charge on any atom is 0.303 e. The maximum absolute atomic E-state index is 11.4. The molecule has 2 heterocycles. The molecule has 2 rings (SSSR count). The molecule has 6 nitrogen and oxygen atoms in total. The molecule has 2 aliphatic heterocycles. The minimum absolute atomic E-state index is 0.0230. The van der Waals surface area contributed by atoms with Crippen molar-refractivity contribution in [3.8, 4) is 0 Å². The number of hydrogen-bond donors (Lipinski definition) is 0. The number of carbonyl (C=O) groups is 2.